The molecule has 0 atom stereocenters. The first kappa shape index (κ1) is 14.1. The van der Waals surface area contributed by atoms with Crippen LogP contribution in [-0.2, 0) is 16.4 Å². The van der Waals surface area contributed by atoms with Crippen LogP contribution < -0.4 is 4.72 Å². The normalized spacial score (nSPS) is 11.4. The van der Waals surface area contributed by atoms with Crippen LogP contribution in [-0.4, -0.2) is 34.8 Å². The van der Waals surface area contributed by atoms with Crippen LogP contribution in [0.3, 0.4) is 0 Å². The van der Waals surface area contributed by atoms with Gasteiger partial charge in [-0.3, -0.25) is 0 Å². The number of hydrogen-bond acceptors (Lipinski definition) is 6. The fraction of sp³-hybridized carbons (Fsp3) is 0.200. The predicted molar refractivity (Wildman–Crippen MR) is 68.4 cm³/mol. The summed E-state index contributed by atoms with van der Waals surface area (Å²) in [7, 11) is -3.73. The molecule has 0 aliphatic heterocycles. The summed E-state index contributed by atoms with van der Waals surface area (Å²) < 4.78 is 26.2. The molecule has 0 unspecified atom stereocenters. The molecule has 10 heteroatoms. The van der Waals surface area contributed by atoms with Crippen molar-refractivity contribution in [1.29, 1.82) is 0 Å². The van der Waals surface area contributed by atoms with Crippen LogP contribution in [0.4, 0.5) is 5.82 Å². The van der Waals surface area contributed by atoms with Gasteiger partial charge in [0.1, 0.15) is 4.90 Å². The maximum absolute atomic E-state index is 11.9. The van der Waals surface area contributed by atoms with Gasteiger partial charge in [-0.1, -0.05) is 0 Å². The molecular formula is C10H11N5O4S. The van der Waals surface area contributed by atoms with E-state index >= 15 is 0 Å². The largest absolute Gasteiger partial charge is 0.363 e. The first-order chi connectivity index (χ1) is 9.49. The van der Waals surface area contributed by atoms with Crippen LogP contribution in [0.25, 0.3) is 0 Å². The maximum Gasteiger partial charge on any atom is 0.363 e. The second-order valence-electron chi connectivity index (χ2n) is 3.83. The summed E-state index contributed by atoms with van der Waals surface area (Å²) in [6.07, 6.45) is 4.52. The Hall–Kier alpha value is -2.33. The number of aromatic nitrogens is 3. The Morgan fingerprint density at radius 2 is 2.15 bits per heavy atom. The molecule has 0 spiro atoms. The molecule has 0 aromatic carbocycles. The molecule has 2 aromatic rings. The number of nitrogens with one attached hydrogen (secondary N) is 2. The number of hydrogen-bond donors (Lipinski definition) is 2. The van der Waals surface area contributed by atoms with Gasteiger partial charge < -0.3 is 15.1 Å². The predicted octanol–water partition coefficient (Wildman–Crippen LogP) is 0.234. The van der Waals surface area contributed by atoms with Gasteiger partial charge in [-0.05, 0) is 16.0 Å². The van der Waals surface area contributed by atoms with E-state index in [1.54, 1.807) is 6.20 Å². The van der Waals surface area contributed by atoms with Crippen LogP contribution in [0.1, 0.15) is 5.69 Å². The number of imidazole rings is 1. The third kappa shape index (κ3) is 3.36. The Morgan fingerprint density at radius 1 is 1.35 bits per heavy atom. The van der Waals surface area contributed by atoms with Crippen molar-refractivity contribution < 1.29 is 13.3 Å². The molecule has 0 saturated carbocycles. The zero-order valence-electron chi connectivity index (χ0n) is 10.2. The molecule has 2 heterocycles. The Balaban J connectivity index is 2.00. The third-order valence-corrected chi connectivity index (χ3v) is 3.91. The molecule has 20 heavy (non-hydrogen) atoms. The lowest BCUT2D eigenvalue weighted by Gasteiger charge is -2.04. The van der Waals surface area contributed by atoms with Crippen molar-refractivity contribution in [3.05, 3.63) is 46.7 Å². The van der Waals surface area contributed by atoms with Gasteiger partial charge in [0.25, 0.3) is 0 Å². The van der Waals surface area contributed by atoms with Gasteiger partial charge in [-0.25, -0.2) is 18.1 Å². The van der Waals surface area contributed by atoms with Gasteiger partial charge in [-0.2, -0.15) is 0 Å². The standard InChI is InChI=1S/C10H11N5O4S/c16-15(17)10-2-1-9(6-12-10)20(18,19)14-4-3-8-5-11-7-13-8/h1-2,5-7,14H,3-4H2,(H,11,13). The first-order valence-corrected chi connectivity index (χ1v) is 7.05. The van der Waals surface area contributed by atoms with E-state index < -0.39 is 20.8 Å². The lowest BCUT2D eigenvalue weighted by atomic mass is 10.3. The van der Waals surface area contributed by atoms with Crippen LogP contribution in [0.5, 0.6) is 0 Å². The molecule has 0 fully saturated rings. The molecule has 0 aliphatic carbocycles. The molecular weight excluding hydrogens is 286 g/mol. The Kier molecular flexibility index (Phi) is 4.05. The van der Waals surface area contributed by atoms with Crippen molar-refractivity contribution in [2.75, 3.05) is 6.54 Å². The van der Waals surface area contributed by atoms with E-state index in [0.717, 1.165) is 24.0 Å². The first-order valence-electron chi connectivity index (χ1n) is 5.56. The van der Waals surface area contributed by atoms with Gasteiger partial charge in [-0.15, -0.1) is 0 Å². The van der Waals surface area contributed by atoms with E-state index in [1.807, 2.05) is 0 Å². The Bertz CT molecular complexity index is 681. The number of nitro groups is 1. The van der Waals surface area contributed by atoms with E-state index in [0.29, 0.717) is 6.42 Å². The van der Waals surface area contributed by atoms with E-state index in [1.165, 1.54) is 6.33 Å². The van der Waals surface area contributed by atoms with Crippen molar-refractivity contribution >= 4 is 15.8 Å². The minimum absolute atomic E-state index is 0.118. The summed E-state index contributed by atoms with van der Waals surface area (Å²) in [4.78, 5) is 19.8. The molecule has 0 saturated heterocycles. The SMILES string of the molecule is O=[N+]([O-])c1ccc(S(=O)(=O)NCCc2cnc[nH]2)cn1. The molecule has 0 amide bonds. The monoisotopic (exact) mass is 297 g/mol. The minimum atomic E-state index is -3.73. The quantitative estimate of drug-likeness (QED) is 0.579. The van der Waals surface area contributed by atoms with Crippen LogP contribution in [0, 0.1) is 10.1 Å². The van der Waals surface area contributed by atoms with Crippen molar-refractivity contribution in [1.82, 2.24) is 19.7 Å². The lowest BCUT2D eigenvalue weighted by molar-refractivity contribution is -0.389. The number of H-pyrrole nitrogens is 1. The van der Waals surface area contributed by atoms with Gasteiger partial charge in [0.2, 0.25) is 10.0 Å². The molecule has 106 valence electrons. The van der Waals surface area contributed by atoms with Gasteiger partial charge >= 0.3 is 5.82 Å². The summed E-state index contributed by atoms with van der Waals surface area (Å²) in [5.41, 5.74) is 0.800. The average molecular weight is 297 g/mol. The number of sulfonamides is 1. The maximum atomic E-state index is 11.9. The summed E-state index contributed by atoms with van der Waals surface area (Å²) in [5.74, 6) is -0.401. The molecule has 0 aliphatic rings. The number of rotatable bonds is 6. The highest BCUT2D eigenvalue weighted by Gasteiger charge is 2.17. The molecule has 0 radical (unpaired) electrons. The van der Waals surface area contributed by atoms with Crippen molar-refractivity contribution in [3.8, 4) is 0 Å². The van der Waals surface area contributed by atoms with E-state index in [2.05, 4.69) is 19.7 Å². The number of pyridine rings is 1. The second-order valence-corrected chi connectivity index (χ2v) is 5.60. The zero-order valence-corrected chi connectivity index (χ0v) is 11.0. The second kappa shape index (κ2) is 5.75. The molecule has 0 bridgehead atoms. The topological polar surface area (TPSA) is 131 Å². The van der Waals surface area contributed by atoms with E-state index in [9.17, 15) is 18.5 Å². The van der Waals surface area contributed by atoms with Crippen molar-refractivity contribution in [2.24, 2.45) is 0 Å². The Morgan fingerprint density at radius 3 is 2.70 bits per heavy atom. The Labute approximate surface area is 114 Å². The van der Waals surface area contributed by atoms with Gasteiger partial charge in [0.15, 0.2) is 6.20 Å². The molecule has 9 nitrogen and oxygen atoms in total. The fourth-order valence-corrected chi connectivity index (χ4v) is 2.44. The highest BCUT2D eigenvalue weighted by Crippen LogP contribution is 2.11. The summed E-state index contributed by atoms with van der Waals surface area (Å²) in [5, 5.41) is 10.4. The van der Waals surface area contributed by atoms with E-state index in [-0.39, 0.29) is 11.4 Å². The summed E-state index contributed by atoms with van der Waals surface area (Å²) >= 11 is 0. The zero-order chi connectivity index (χ0) is 14.6. The smallest absolute Gasteiger partial charge is 0.358 e. The highest BCUT2D eigenvalue weighted by molar-refractivity contribution is 7.89. The van der Waals surface area contributed by atoms with Crippen LogP contribution >= 0.6 is 0 Å². The summed E-state index contributed by atoms with van der Waals surface area (Å²) in [6.45, 7) is 0.182. The molecule has 2 rings (SSSR count). The van der Waals surface area contributed by atoms with Gasteiger partial charge in [0, 0.05) is 30.9 Å². The van der Waals surface area contributed by atoms with Crippen molar-refractivity contribution in [3.63, 3.8) is 0 Å². The minimum Gasteiger partial charge on any atom is -0.358 e. The fourth-order valence-electron chi connectivity index (χ4n) is 1.46. The number of aromatic amines is 1. The average Bonchev–Trinajstić information content (AvgIpc) is 2.92. The van der Waals surface area contributed by atoms with Crippen LogP contribution in [0.2, 0.25) is 0 Å². The third-order valence-electron chi connectivity index (χ3n) is 2.46. The summed E-state index contributed by atoms with van der Waals surface area (Å²) in [6, 6.07) is 2.19. The highest BCUT2D eigenvalue weighted by atomic mass is 32.2. The van der Waals surface area contributed by atoms with Crippen LogP contribution in [0.15, 0.2) is 35.7 Å². The lowest BCUT2D eigenvalue weighted by Crippen LogP contribution is -2.26. The number of nitrogens with zero attached hydrogens (tertiary/aromatic N) is 3. The molecule has 2 N–H and O–H groups in total. The van der Waals surface area contributed by atoms with Crippen molar-refractivity contribution in [2.45, 2.75) is 11.3 Å². The van der Waals surface area contributed by atoms with Gasteiger partial charge in [0.05, 0.1) is 6.33 Å². The van der Waals surface area contributed by atoms with E-state index in [4.69, 9.17) is 0 Å². The molecule has 2 aromatic heterocycles.